The number of rotatable bonds is 8. The second-order valence-corrected chi connectivity index (χ2v) is 6.51. The molecule has 0 bridgehead atoms. The molecule has 9 nitrogen and oxygen atoms in total. The summed E-state index contributed by atoms with van der Waals surface area (Å²) in [6, 6.07) is 9.87. The number of nitrogens with zero attached hydrogens (tertiary/aromatic N) is 1. The fourth-order valence-corrected chi connectivity index (χ4v) is 2.42. The zero-order valence-electron chi connectivity index (χ0n) is 14.8. The van der Waals surface area contributed by atoms with E-state index in [1.807, 2.05) is 0 Å². The molecule has 11 heteroatoms. The summed E-state index contributed by atoms with van der Waals surface area (Å²) in [7, 11) is 0. The van der Waals surface area contributed by atoms with Crippen LogP contribution in [0.5, 0.6) is 0 Å². The largest absolute Gasteiger partial charge is 0.456 e. The number of amides is 2. The lowest BCUT2D eigenvalue weighted by Gasteiger charge is -2.08. The quantitative estimate of drug-likeness (QED) is 0.365. The van der Waals surface area contributed by atoms with Crippen molar-refractivity contribution in [2.24, 2.45) is 0 Å². The Morgan fingerprint density at radius 3 is 2.31 bits per heavy atom. The van der Waals surface area contributed by atoms with Gasteiger partial charge in [-0.3, -0.25) is 24.5 Å². The number of nitrogens with one attached hydrogen (secondary N) is 2. The van der Waals surface area contributed by atoms with Crippen molar-refractivity contribution >= 4 is 58.0 Å². The predicted molar refractivity (Wildman–Crippen MR) is 107 cm³/mol. The van der Waals surface area contributed by atoms with Gasteiger partial charge in [0.05, 0.1) is 21.4 Å². The van der Waals surface area contributed by atoms with E-state index in [-0.39, 0.29) is 29.2 Å². The molecule has 0 heterocycles. The van der Waals surface area contributed by atoms with Crippen LogP contribution in [-0.2, 0) is 19.1 Å². The Kier molecular flexibility index (Phi) is 7.93. The average molecular weight is 440 g/mol. The van der Waals surface area contributed by atoms with E-state index in [1.54, 1.807) is 6.07 Å². The summed E-state index contributed by atoms with van der Waals surface area (Å²) in [4.78, 5) is 45.4. The molecule has 2 rings (SSSR count). The standard InChI is InChI=1S/C18H15Cl2N3O6/c19-14-5-4-12(9-15(14)20)21-16(24)6-7-18(26)29-10-17(25)22-11-2-1-3-13(8-11)23(27)28/h1-5,8-9H,6-7,10H2,(H,21,24)(H,22,25). The van der Waals surface area contributed by atoms with Gasteiger partial charge in [-0.1, -0.05) is 29.3 Å². The Morgan fingerprint density at radius 1 is 0.931 bits per heavy atom. The Balaban J connectivity index is 1.72. The first-order valence-electron chi connectivity index (χ1n) is 8.19. The van der Waals surface area contributed by atoms with E-state index in [1.165, 1.54) is 36.4 Å². The van der Waals surface area contributed by atoms with E-state index in [4.69, 9.17) is 27.9 Å². The van der Waals surface area contributed by atoms with Crippen LogP contribution in [0.25, 0.3) is 0 Å². The smallest absolute Gasteiger partial charge is 0.306 e. The monoisotopic (exact) mass is 439 g/mol. The molecule has 2 aromatic rings. The molecule has 0 aliphatic heterocycles. The lowest BCUT2D eigenvalue weighted by atomic mass is 10.2. The number of hydrogen-bond donors (Lipinski definition) is 2. The summed E-state index contributed by atoms with van der Waals surface area (Å²) < 4.78 is 4.79. The third kappa shape index (κ3) is 7.40. The van der Waals surface area contributed by atoms with E-state index >= 15 is 0 Å². The summed E-state index contributed by atoms with van der Waals surface area (Å²) in [6.07, 6.45) is -0.400. The van der Waals surface area contributed by atoms with E-state index in [9.17, 15) is 24.5 Å². The molecule has 2 amide bonds. The summed E-state index contributed by atoms with van der Waals surface area (Å²) in [5.41, 5.74) is 0.433. The third-order valence-corrected chi connectivity index (χ3v) is 4.20. The minimum Gasteiger partial charge on any atom is -0.456 e. The fourth-order valence-electron chi connectivity index (χ4n) is 2.13. The molecule has 29 heavy (non-hydrogen) atoms. The predicted octanol–water partition coefficient (Wildman–Crippen LogP) is 3.80. The topological polar surface area (TPSA) is 128 Å². The second-order valence-electron chi connectivity index (χ2n) is 5.69. The third-order valence-electron chi connectivity index (χ3n) is 3.46. The van der Waals surface area contributed by atoms with Crippen LogP contribution in [0.15, 0.2) is 42.5 Å². The molecule has 0 fully saturated rings. The van der Waals surface area contributed by atoms with Gasteiger partial charge in [-0.25, -0.2) is 0 Å². The van der Waals surface area contributed by atoms with E-state index < -0.39 is 29.3 Å². The first-order valence-corrected chi connectivity index (χ1v) is 8.95. The molecule has 0 aliphatic rings. The minimum absolute atomic E-state index is 0.161. The van der Waals surface area contributed by atoms with Crippen LogP contribution in [0.4, 0.5) is 17.1 Å². The zero-order valence-corrected chi connectivity index (χ0v) is 16.3. The number of nitro benzene ring substituents is 1. The van der Waals surface area contributed by atoms with Crippen molar-refractivity contribution < 1.29 is 24.0 Å². The van der Waals surface area contributed by atoms with Crippen molar-refractivity contribution in [1.82, 2.24) is 0 Å². The van der Waals surface area contributed by atoms with Crippen LogP contribution in [0.1, 0.15) is 12.8 Å². The Labute approximate surface area is 175 Å². The highest BCUT2D eigenvalue weighted by Crippen LogP contribution is 2.25. The number of esters is 1. The number of anilines is 2. The van der Waals surface area contributed by atoms with E-state index in [0.29, 0.717) is 10.7 Å². The van der Waals surface area contributed by atoms with Gasteiger partial charge < -0.3 is 15.4 Å². The highest BCUT2D eigenvalue weighted by atomic mass is 35.5. The maximum Gasteiger partial charge on any atom is 0.306 e. The summed E-state index contributed by atoms with van der Waals surface area (Å²) in [5.74, 6) is -1.86. The fraction of sp³-hybridized carbons (Fsp3) is 0.167. The van der Waals surface area contributed by atoms with Gasteiger partial charge >= 0.3 is 5.97 Å². The van der Waals surface area contributed by atoms with Crippen LogP contribution in [0.3, 0.4) is 0 Å². The van der Waals surface area contributed by atoms with E-state index in [0.717, 1.165) is 0 Å². The Morgan fingerprint density at radius 2 is 1.62 bits per heavy atom. The molecule has 2 N–H and O–H groups in total. The van der Waals surface area contributed by atoms with E-state index in [2.05, 4.69) is 10.6 Å². The number of hydrogen-bond acceptors (Lipinski definition) is 6. The minimum atomic E-state index is -0.747. The number of benzene rings is 2. The van der Waals surface area contributed by atoms with Gasteiger partial charge in [0.25, 0.3) is 11.6 Å². The summed E-state index contributed by atoms with van der Waals surface area (Å²) in [5, 5.41) is 16.3. The molecule has 0 saturated heterocycles. The number of carbonyl (C=O) groups excluding carboxylic acids is 3. The maximum atomic E-state index is 11.9. The van der Waals surface area contributed by atoms with Crippen molar-refractivity contribution in [2.45, 2.75) is 12.8 Å². The van der Waals surface area contributed by atoms with Crippen molar-refractivity contribution in [2.75, 3.05) is 17.2 Å². The highest BCUT2D eigenvalue weighted by Gasteiger charge is 2.12. The lowest BCUT2D eigenvalue weighted by Crippen LogP contribution is -2.21. The van der Waals surface area contributed by atoms with Crippen molar-refractivity contribution in [3.63, 3.8) is 0 Å². The number of non-ortho nitro benzene ring substituents is 1. The van der Waals surface area contributed by atoms with Crippen LogP contribution < -0.4 is 10.6 Å². The molecule has 0 atom stereocenters. The number of ether oxygens (including phenoxy) is 1. The SMILES string of the molecule is O=C(CCC(=O)OCC(=O)Nc1cccc([N+](=O)[O-])c1)Nc1ccc(Cl)c(Cl)c1. The van der Waals surface area contributed by atoms with Crippen LogP contribution >= 0.6 is 23.2 Å². The molecule has 0 saturated carbocycles. The molecule has 0 aromatic heterocycles. The number of halogens is 2. The van der Waals surface area contributed by atoms with Gasteiger partial charge in [0, 0.05) is 29.9 Å². The van der Waals surface area contributed by atoms with Gasteiger partial charge in [0.15, 0.2) is 6.61 Å². The molecular formula is C18H15Cl2N3O6. The zero-order chi connectivity index (χ0) is 21.4. The number of nitro groups is 1. The molecular weight excluding hydrogens is 425 g/mol. The van der Waals surface area contributed by atoms with Gasteiger partial charge in [-0.05, 0) is 24.3 Å². The van der Waals surface area contributed by atoms with Crippen LogP contribution in [0.2, 0.25) is 10.0 Å². The van der Waals surface area contributed by atoms with Gasteiger partial charge in [-0.15, -0.1) is 0 Å². The first kappa shape index (κ1) is 22.1. The Bertz CT molecular complexity index is 951. The van der Waals surface area contributed by atoms with Crippen molar-refractivity contribution in [3.05, 3.63) is 62.6 Å². The van der Waals surface area contributed by atoms with Crippen LogP contribution in [0, 0.1) is 10.1 Å². The molecule has 152 valence electrons. The van der Waals surface area contributed by atoms with Crippen molar-refractivity contribution in [3.8, 4) is 0 Å². The van der Waals surface area contributed by atoms with Gasteiger partial charge in [0.2, 0.25) is 5.91 Å². The molecule has 0 aliphatic carbocycles. The summed E-state index contributed by atoms with van der Waals surface area (Å²) in [6.45, 7) is -0.587. The van der Waals surface area contributed by atoms with Crippen molar-refractivity contribution in [1.29, 1.82) is 0 Å². The lowest BCUT2D eigenvalue weighted by molar-refractivity contribution is -0.384. The second kappa shape index (κ2) is 10.4. The highest BCUT2D eigenvalue weighted by molar-refractivity contribution is 6.42. The maximum absolute atomic E-state index is 11.9. The number of carbonyl (C=O) groups is 3. The Hall–Kier alpha value is -3.17. The van der Waals surface area contributed by atoms with Gasteiger partial charge in [0.1, 0.15) is 0 Å². The molecule has 0 spiro atoms. The molecule has 0 radical (unpaired) electrons. The normalized spacial score (nSPS) is 10.1. The summed E-state index contributed by atoms with van der Waals surface area (Å²) >= 11 is 11.6. The average Bonchev–Trinajstić information content (AvgIpc) is 2.68. The molecule has 0 unspecified atom stereocenters. The van der Waals surface area contributed by atoms with Gasteiger partial charge in [-0.2, -0.15) is 0 Å². The first-order chi connectivity index (χ1) is 13.7. The molecule has 2 aromatic carbocycles. The van der Waals surface area contributed by atoms with Crippen LogP contribution in [-0.4, -0.2) is 29.3 Å².